The van der Waals surface area contributed by atoms with Gasteiger partial charge in [-0.2, -0.15) is 0 Å². The standard InChI is InChI=1S/C26H26N4O4S/c1-16-21(9-6-10-22(16)30(33)34)24(32)29-25(35)28-20-8-5-7-19(15-20)27-23(31)17-11-13-18(14-12-17)26(2,3)4/h5-15H,1-4H3,(H,27,31)(H2,28,29,32,35). The van der Waals surface area contributed by atoms with Gasteiger partial charge in [0.2, 0.25) is 0 Å². The van der Waals surface area contributed by atoms with Gasteiger partial charge in [-0.1, -0.05) is 45.0 Å². The molecule has 0 radical (unpaired) electrons. The maximum atomic E-state index is 12.7. The molecule has 8 nitrogen and oxygen atoms in total. The van der Waals surface area contributed by atoms with Crippen molar-refractivity contribution in [1.82, 2.24) is 5.32 Å². The van der Waals surface area contributed by atoms with Crippen LogP contribution >= 0.6 is 12.2 Å². The number of thiocarbonyl (C=S) groups is 1. The SMILES string of the molecule is Cc1c(C(=O)NC(=S)Nc2cccc(NC(=O)c3ccc(C(C)(C)C)cc3)c2)cccc1[N+](=O)[O-]. The molecule has 0 heterocycles. The number of hydrogen-bond donors (Lipinski definition) is 3. The number of carbonyl (C=O) groups excluding carboxylic acids is 2. The largest absolute Gasteiger partial charge is 0.332 e. The third-order valence-electron chi connectivity index (χ3n) is 5.37. The van der Waals surface area contributed by atoms with Crippen LogP contribution in [0.4, 0.5) is 17.1 Å². The Hall–Kier alpha value is -4.11. The minimum atomic E-state index is -0.563. The predicted octanol–water partition coefficient (Wildman–Crippen LogP) is 5.58. The van der Waals surface area contributed by atoms with E-state index in [1.54, 1.807) is 36.4 Å². The Morgan fingerprint density at radius 1 is 0.886 bits per heavy atom. The fourth-order valence-corrected chi connectivity index (χ4v) is 3.61. The summed E-state index contributed by atoms with van der Waals surface area (Å²) in [5, 5.41) is 19.4. The number of nitrogens with zero attached hydrogens (tertiary/aromatic N) is 1. The van der Waals surface area contributed by atoms with Crippen LogP contribution in [0.1, 0.15) is 52.6 Å². The Kier molecular flexibility index (Phi) is 7.61. The fourth-order valence-electron chi connectivity index (χ4n) is 3.40. The minimum absolute atomic E-state index is 0.00320. The van der Waals surface area contributed by atoms with Crippen molar-refractivity contribution in [3.8, 4) is 0 Å². The van der Waals surface area contributed by atoms with Gasteiger partial charge in [0.15, 0.2) is 5.11 Å². The van der Waals surface area contributed by atoms with Crippen LogP contribution in [0.3, 0.4) is 0 Å². The lowest BCUT2D eigenvalue weighted by atomic mass is 9.87. The van der Waals surface area contributed by atoms with Crippen molar-refractivity contribution in [3.05, 3.63) is 99.1 Å². The first-order valence-electron chi connectivity index (χ1n) is 10.8. The third-order valence-corrected chi connectivity index (χ3v) is 5.57. The zero-order valence-corrected chi connectivity index (χ0v) is 20.7. The van der Waals surface area contributed by atoms with Crippen molar-refractivity contribution in [3.63, 3.8) is 0 Å². The highest BCUT2D eigenvalue weighted by Crippen LogP contribution is 2.23. The van der Waals surface area contributed by atoms with E-state index in [0.717, 1.165) is 5.56 Å². The van der Waals surface area contributed by atoms with Crippen molar-refractivity contribution in [1.29, 1.82) is 0 Å². The predicted molar refractivity (Wildman–Crippen MR) is 141 cm³/mol. The summed E-state index contributed by atoms with van der Waals surface area (Å²) in [6.07, 6.45) is 0. The van der Waals surface area contributed by atoms with Crippen LogP contribution in [0.15, 0.2) is 66.7 Å². The van der Waals surface area contributed by atoms with Crippen molar-refractivity contribution in [2.24, 2.45) is 0 Å². The smallest absolute Gasteiger partial charge is 0.273 e. The maximum Gasteiger partial charge on any atom is 0.273 e. The number of hydrogen-bond acceptors (Lipinski definition) is 5. The van der Waals surface area contributed by atoms with Crippen LogP contribution in [-0.4, -0.2) is 21.9 Å². The van der Waals surface area contributed by atoms with E-state index in [4.69, 9.17) is 12.2 Å². The third kappa shape index (κ3) is 6.48. The Morgan fingerprint density at radius 3 is 2.09 bits per heavy atom. The first kappa shape index (κ1) is 25.5. The summed E-state index contributed by atoms with van der Waals surface area (Å²) in [6.45, 7) is 7.83. The fraction of sp³-hybridized carbons (Fsp3) is 0.192. The Bertz CT molecular complexity index is 1300. The molecule has 3 N–H and O–H groups in total. The zero-order valence-electron chi connectivity index (χ0n) is 19.8. The molecule has 0 spiro atoms. The normalized spacial score (nSPS) is 10.9. The second kappa shape index (κ2) is 10.4. The molecule has 0 unspecified atom stereocenters. The van der Waals surface area contributed by atoms with Crippen LogP contribution in [0.2, 0.25) is 0 Å². The molecular weight excluding hydrogens is 464 g/mol. The van der Waals surface area contributed by atoms with Gasteiger partial charge in [-0.05, 0) is 66.5 Å². The van der Waals surface area contributed by atoms with Crippen molar-refractivity contribution < 1.29 is 14.5 Å². The quantitative estimate of drug-likeness (QED) is 0.244. The lowest BCUT2D eigenvalue weighted by Gasteiger charge is -2.19. The number of amides is 2. The number of nitro groups is 1. The summed E-state index contributed by atoms with van der Waals surface area (Å²) >= 11 is 5.23. The van der Waals surface area contributed by atoms with E-state index < -0.39 is 10.8 Å². The number of nitro benzene ring substituents is 1. The Balaban J connectivity index is 1.64. The number of rotatable bonds is 5. The zero-order chi connectivity index (χ0) is 25.8. The van der Waals surface area contributed by atoms with Crippen LogP contribution in [-0.2, 0) is 5.41 Å². The first-order chi connectivity index (χ1) is 16.5. The monoisotopic (exact) mass is 490 g/mol. The molecule has 9 heteroatoms. The molecule has 0 aliphatic heterocycles. The summed E-state index contributed by atoms with van der Waals surface area (Å²) in [5.41, 5.74) is 3.02. The van der Waals surface area contributed by atoms with Gasteiger partial charge >= 0.3 is 0 Å². The topological polar surface area (TPSA) is 113 Å². The molecule has 3 rings (SSSR count). The minimum Gasteiger partial charge on any atom is -0.332 e. The van der Waals surface area contributed by atoms with Gasteiger partial charge in [-0.3, -0.25) is 25.0 Å². The van der Waals surface area contributed by atoms with E-state index in [9.17, 15) is 19.7 Å². The molecule has 3 aromatic carbocycles. The molecule has 0 aliphatic rings. The Labute approximate surface area is 208 Å². The Morgan fingerprint density at radius 2 is 1.49 bits per heavy atom. The van der Waals surface area contributed by atoms with E-state index in [0.29, 0.717) is 16.9 Å². The summed E-state index contributed by atoms with van der Waals surface area (Å²) in [4.78, 5) is 35.8. The van der Waals surface area contributed by atoms with Gasteiger partial charge in [-0.15, -0.1) is 0 Å². The van der Waals surface area contributed by atoms with Gasteiger partial charge < -0.3 is 10.6 Å². The number of benzene rings is 3. The number of nitrogens with one attached hydrogen (secondary N) is 3. The van der Waals surface area contributed by atoms with E-state index >= 15 is 0 Å². The molecule has 3 aromatic rings. The summed E-state index contributed by atoms with van der Waals surface area (Å²) in [7, 11) is 0. The summed E-state index contributed by atoms with van der Waals surface area (Å²) in [5.74, 6) is -0.813. The average molecular weight is 491 g/mol. The highest BCUT2D eigenvalue weighted by molar-refractivity contribution is 7.80. The van der Waals surface area contributed by atoms with Crippen molar-refractivity contribution >= 4 is 46.2 Å². The van der Waals surface area contributed by atoms with Gasteiger partial charge in [0.25, 0.3) is 17.5 Å². The lowest BCUT2D eigenvalue weighted by Crippen LogP contribution is -2.34. The summed E-state index contributed by atoms with van der Waals surface area (Å²) < 4.78 is 0. The van der Waals surface area contributed by atoms with Crippen LogP contribution in [0.25, 0.3) is 0 Å². The molecule has 0 fully saturated rings. The molecule has 2 amide bonds. The molecule has 0 saturated carbocycles. The van der Waals surface area contributed by atoms with Crippen LogP contribution in [0.5, 0.6) is 0 Å². The maximum absolute atomic E-state index is 12.7. The van der Waals surface area contributed by atoms with E-state index in [2.05, 4.69) is 36.7 Å². The molecular formula is C26H26N4O4S. The number of anilines is 2. The second-order valence-corrected chi connectivity index (χ2v) is 9.39. The lowest BCUT2D eigenvalue weighted by molar-refractivity contribution is -0.385. The molecule has 0 aliphatic carbocycles. The van der Waals surface area contributed by atoms with Crippen molar-refractivity contribution in [2.45, 2.75) is 33.1 Å². The second-order valence-electron chi connectivity index (χ2n) is 8.98. The first-order valence-corrected chi connectivity index (χ1v) is 11.2. The number of carbonyl (C=O) groups is 2. The van der Waals surface area contributed by atoms with Gasteiger partial charge in [0.05, 0.1) is 4.92 Å². The van der Waals surface area contributed by atoms with Gasteiger partial charge in [0, 0.05) is 34.1 Å². The highest BCUT2D eigenvalue weighted by atomic mass is 32.1. The molecule has 0 aromatic heterocycles. The van der Waals surface area contributed by atoms with Gasteiger partial charge in [-0.25, -0.2) is 0 Å². The van der Waals surface area contributed by atoms with Crippen molar-refractivity contribution in [2.75, 3.05) is 10.6 Å². The summed E-state index contributed by atoms with van der Waals surface area (Å²) in [6, 6.07) is 18.6. The van der Waals surface area contributed by atoms with E-state index in [1.807, 2.05) is 12.1 Å². The molecule has 0 saturated heterocycles. The van der Waals surface area contributed by atoms with Gasteiger partial charge in [0.1, 0.15) is 0 Å². The van der Waals surface area contributed by atoms with Crippen LogP contribution < -0.4 is 16.0 Å². The average Bonchev–Trinajstić information content (AvgIpc) is 2.78. The van der Waals surface area contributed by atoms with E-state index in [1.165, 1.54) is 25.1 Å². The molecule has 0 atom stereocenters. The molecule has 180 valence electrons. The van der Waals surface area contributed by atoms with Crippen LogP contribution in [0, 0.1) is 17.0 Å². The van der Waals surface area contributed by atoms with E-state index in [-0.39, 0.29) is 33.2 Å². The molecule has 0 bridgehead atoms. The highest BCUT2D eigenvalue weighted by Gasteiger charge is 2.19. The molecule has 35 heavy (non-hydrogen) atoms.